The number of amidine groups is 1. The van der Waals surface area contributed by atoms with E-state index in [9.17, 15) is 0 Å². The molecule has 50 valence electrons. The van der Waals surface area contributed by atoms with Crippen molar-refractivity contribution in [3.63, 3.8) is 0 Å². The Morgan fingerprint density at radius 1 is 1.62 bits per heavy atom. The molecule has 0 spiro atoms. The first kappa shape index (κ1) is 10.9. The summed E-state index contributed by atoms with van der Waals surface area (Å²) < 4.78 is 4.69. The van der Waals surface area contributed by atoms with Gasteiger partial charge in [0.2, 0.25) is 0 Å². The summed E-state index contributed by atoms with van der Waals surface area (Å²) in [5.74, 6) is 0. The second-order valence-electron chi connectivity index (χ2n) is 0.983. The maximum Gasteiger partial charge on any atom is 0.283 e. The number of ether oxygens (including phenoxy) is 1. The Hall–Kier alpha value is 0. The average molecular weight is 230 g/mol. The predicted molar refractivity (Wildman–Crippen MR) is 44.8 cm³/mol. The molecule has 0 radical (unpaired) electrons. The van der Waals surface area contributed by atoms with Gasteiger partial charge in [-0.15, -0.1) is 24.0 Å². The van der Waals surface area contributed by atoms with Crippen molar-refractivity contribution >= 4 is 30.0 Å². The molecule has 0 aliphatic carbocycles. The lowest BCUT2D eigenvalue weighted by molar-refractivity contribution is 0.384. The number of hydrogen-bond donors (Lipinski definition) is 1. The van der Waals surface area contributed by atoms with E-state index in [0.717, 1.165) is 0 Å². The van der Waals surface area contributed by atoms with Gasteiger partial charge in [0.15, 0.2) is 0 Å². The van der Waals surface area contributed by atoms with Crippen molar-refractivity contribution in [2.75, 3.05) is 21.2 Å². The lowest BCUT2D eigenvalue weighted by atomic mass is 11.0. The third kappa shape index (κ3) is 4.17. The van der Waals surface area contributed by atoms with E-state index in [1.807, 2.05) is 0 Å². The SMILES string of the molecule is CN=C(NC)OC.I. The summed E-state index contributed by atoms with van der Waals surface area (Å²) in [5.41, 5.74) is 0. The molecule has 0 heterocycles. The summed E-state index contributed by atoms with van der Waals surface area (Å²) in [6, 6.07) is 0.556. The number of hydrogen-bond acceptors (Lipinski definition) is 2. The maximum absolute atomic E-state index is 4.69. The highest BCUT2D eigenvalue weighted by Crippen LogP contribution is 1.66. The summed E-state index contributed by atoms with van der Waals surface area (Å²) in [6.45, 7) is 0. The Morgan fingerprint density at radius 2 is 2.12 bits per heavy atom. The van der Waals surface area contributed by atoms with E-state index in [-0.39, 0.29) is 24.0 Å². The standard InChI is InChI=1S/C4H10N2O.HI/c1-5-4(6-2)7-3;/h1-3H3,(H,5,6);1H. The molecule has 0 aromatic rings. The van der Waals surface area contributed by atoms with E-state index in [1.54, 1.807) is 21.2 Å². The molecule has 3 nitrogen and oxygen atoms in total. The van der Waals surface area contributed by atoms with Crippen LogP contribution in [0.3, 0.4) is 0 Å². The van der Waals surface area contributed by atoms with Crippen molar-refractivity contribution in [2.45, 2.75) is 0 Å². The molecule has 0 unspecified atom stereocenters. The number of methoxy groups -OCH3 is 1. The monoisotopic (exact) mass is 230 g/mol. The average Bonchev–Trinajstić information content (AvgIpc) is 1.72. The molecule has 0 aliphatic rings. The van der Waals surface area contributed by atoms with Crippen molar-refractivity contribution < 1.29 is 4.74 Å². The lowest BCUT2D eigenvalue weighted by Gasteiger charge is -1.98. The molecule has 0 atom stereocenters. The largest absolute Gasteiger partial charge is 0.469 e. The van der Waals surface area contributed by atoms with E-state index >= 15 is 0 Å². The molecule has 0 aromatic carbocycles. The third-order valence-electron chi connectivity index (χ3n) is 0.610. The third-order valence-corrected chi connectivity index (χ3v) is 0.610. The van der Waals surface area contributed by atoms with Crippen LogP contribution in [0.1, 0.15) is 0 Å². The van der Waals surface area contributed by atoms with Crippen LogP contribution in [-0.4, -0.2) is 27.2 Å². The van der Waals surface area contributed by atoms with Crippen LogP contribution >= 0.6 is 24.0 Å². The molecule has 0 saturated carbocycles. The van der Waals surface area contributed by atoms with E-state index < -0.39 is 0 Å². The molecule has 0 amide bonds. The Kier molecular flexibility index (Phi) is 9.53. The highest BCUT2D eigenvalue weighted by Gasteiger charge is 1.82. The zero-order chi connectivity index (χ0) is 5.70. The van der Waals surface area contributed by atoms with Crippen molar-refractivity contribution in [2.24, 2.45) is 4.99 Å². The van der Waals surface area contributed by atoms with Gasteiger partial charge in [0.1, 0.15) is 0 Å². The fourth-order valence-corrected chi connectivity index (χ4v) is 0.305. The molecule has 0 fully saturated rings. The summed E-state index contributed by atoms with van der Waals surface area (Å²) in [4.78, 5) is 3.71. The van der Waals surface area contributed by atoms with Gasteiger partial charge in [-0.25, -0.2) is 4.99 Å². The molecule has 0 aliphatic heterocycles. The minimum Gasteiger partial charge on any atom is -0.469 e. The zero-order valence-electron chi connectivity index (χ0n) is 5.26. The number of aliphatic imine (C=N–C) groups is 1. The van der Waals surface area contributed by atoms with Crippen LogP contribution in [0.15, 0.2) is 4.99 Å². The van der Waals surface area contributed by atoms with Crippen molar-refractivity contribution in [3.8, 4) is 0 Å². The molecular formula is C4H11IN2O. The van der Waals surface area contributed by atoms with Gasteiger partial charge in [0.25, 0.3) is 6.02 Å². The molecule has 0 aromatic heterocycles. The Bertz CT molecular complexity index is 68.4. The van der Waals surface area contributed by atoms with Crippen molar-refractivity contribution in [1.29, 1.82) is 0 Å². The first-order valence-electron chi connectivity index (χ1n) is 2.03. The highest BCUT2D eigenvalue weighted by molar-refractivity contribution is 14.0. The van der Waals surface area contributed by atoms with Crippen molar-refractivity contribution in [3.05, 3.63) is 0 Å². The van der Waals surface area contributed by atoms with Crippen LogP contribution in [0.4, 0.5) is 0 Å². The van der Waals surface area contributed by atoms with Crippen LogP contribution in [0.2, 0.25) is 0 Å². The summed E-state index contributed by atoms with van der Waals surface area (Å²) in [5, 5.41) is 2.73. The van der Waals surface area contributed by atoms with Crippen LogP contribution < -0.4 is 5.32 Å². The second-order valence-corrected chi connectivity index (χ2v) is 0.983. The van der Waals surface area contributed by atoms with E-state index in [1.165, 1.54) is 0 Å². The first-order valence-corrected chi connectivity index (χ1v) is 2.03. The maximum atomic E-state index is 4.69. The van der Waals surface area contributed by atoms with E-state index in [4.69, 9.17) is 0 Å². The van der Waals surface area contributed by atoms with Crippen LogP contribution in [0.25, 0.3) is 0 Å². The van der Waals surface area contributed by atoms with Crippen molar-refractivity contribution in [1.82, 2.24) is 5.32 Å². The summed E-state index contributed by atoms with van der Waals surface area (Å²) >= 11 is 0. The normalized spacial score (nSPS) is 9.62. The molecular weight excluding hydrogens is 219 g/mol. The molecule has 1 N–H and O–H groups in total. The topological polar surface area (TPSA) is 33.6 Å². The minimum absolute atomic E-state index is 0. The van der Waals surface area contributed by atoms with Crippen LogP contribution in [0.5, 0.6) is 0 Å². The fourth-order valence-electron chi connectivity index (χ4n) is 0.305. The highest BCUT2D eigenvalue weighted by atomic mass is 127. The van der Waals surface area contributed by atoms with Gasteiger partial charge in [-0.1, -0.05) is 0 Å². The number of nitrogens with one attached hydrogen (secondary N) is 1. The molecule has 0 bridgehead atoms. The molecule has 0 rings (SSSR count). The van der Waals surface area contributed by atoms with E-state index in [0.29, 0.717) is 6.02 Å². The van der Waals surface area contributed by atoms with Gasteiger partial charge in [-0.3, -0.25) is 0 Å². The van der Waals surface area contributed by atoms with Gasteiger partial charge >= 0.3 is 0 Å². The molecule has 8 heavy (non-hydrogen) atoms. The lowest BCUT2D eigenvalue weighted by Crippen LogP contribution is -2.19. The van der Waals surface area contributed by atoms with Crippen LogP contribution in [0, 0.1) is 0 Å². The summed E-state index contributed by atoms with van der Waals surface area (Å²) in [6.07, 6.45) is 0. The van der Waals surface area contributed by atoms with Crippen LogP contribution in [-0.2, 0) is 4.74 Å². The number of halogens is 1. The fraction of sp³-hybridized carbons (Fsp3) is 0.750. The zero-order valence-corrected chi connectivity index (χ0v) is 7.59. The number of rotatable bonds is 0. The van der Waals surface area contributed by atoms with Gasteiger partial charge in [0, 0.05) is 14.1 Å². The second kappa shape index (κ2) is 7.00. The predicted octanol–water partition coefficient (Wildman–Crippen LogP) is 0.456. The summed E-state index contributed by atoms with van der Waals surface area (Å²) in [7, 11) is 4.99. The Morgan fingerprint density at radius 3 is 2.12 bits per heavy atom. The number of nitrogens with zero attached hydrogens (tertiary/aromatic N) is 1. The Balaban J connectivity index is 0. The first-order chi connectivity index (χ1) is 3.35. The van der Waals surface area contributed by atoms with Gasteiger partial charge < -0.3 is 10.1 Å². The quantitative estimate of drug-likeness (QED) is 0.372. The van der Waals surface area contributed by atoms with E-state index in [2.05, 4.69) is 15.0 Å². The molecule has 4 heteroatoms. The smallest absolute Gasteiger partial charge is 0.283 e. The van der Waals surface area contributed by atoms with Gasteiger partial charge in [-0.05, 0) is 0 Å². The Labute approximate surface area is 66.5 Å². The minimum atomic E-state index is 0. The van der Waals surface area contributed by atoms with Gasteiger partial charge in [-0.2, -0.15) is 0 Å². The van der Waals surface area contributed by atoms with Gasteiger partial charge in [0.05, 0.1) is 7.11 Å². The molecule has 0 saturated heterocycles.